The third-order valence-corrected chi connectivity index (χ3v) is 3.27. The molecule has 0 amide bonds. The lowest BCUT2D eigenvalue weighted by atomic mass is 10.0. The van der Waals surface area contributed by atoms with E-state index in [1.165, 1.54) is 0 Å². The van der Waals surface area contributed by atoms with Crippen molar-refractivity contribution in [2.75, 3.05) is 0 Å². The largest absolute Gasteiger partial charge is 0.480 e. The number of hydrogen-bond donors (Lipinski definition) is 4. The van der Waals surface area contributed by atoms with E-state index in [-0.39, 0.29) is 6.04 Å². The number of nitrogens with one attached hydrogen (secondary N) is 3. The van der Waals surface area contributed by atoms with Gasteiger partial charge in [-0.2, -0.15) is 5.53 Å². The topological polar surface area (TPSA) is 82.6 Å². The minimum Gasteiger partial charge on any atom is -0.480 e. The van der Waals surface area contributed by atoms with Crippen LogP contribution in [0.5, 0.6) is 11.5 Å². The maximum Gasteiger partial charge on any atom is 0.324 e. The highest BCUT2D eigenvalue weighted by Gasteiger charge is 2.33. The van der Waals surface area contributed by atoms with Crippen molar-refractivity contribution in [3.63, 3.8) is 0 Å². The van der Waals surface area contributed by atoms with Crippen molar-refractivity contribution >= 4 is 5.97 Å². The van der Waals surface area contributed by atoms with Crippen LogP contribution in [-0.4, -0.2) is 17.1 Å². The Hall–Kier alpha value is -2.41. The smallest absolute Gasteiger partial charge is 0.324 e. The molecule has 2 atom stereocenters. The van der Waals surface area contributed by atoms with Gasteiger partial charge in [0.25, 0.3) is 0 Å². The van der Waals surface area contributed by atoms with Gasteiger partial charge in [-0.3, -0.25) is 4.79 Å². The molecule has 21 heavy (non-hydrogen) atoms. The second kappa shape index (κ2) is 5.92. The Bertz CT molecular complexity index is 616. The molecule has 3 rings (SSSR count). The number of carbonyl (C=O) groups is 1. The summed E-state index contributed by atoms with van der Waals surface area (Å²) in [4.78, 5) is 11.1. The summed E-state index contributed by atoms with van der Waals surface area (Å²) in [5.41, 5.74) is 9.06. The van der Waals surface area contributed by atoms with Gasteiger partial charge in [-0.25, -0.2) is 10.9 Å². The van der Waals surface area contributed by atoms with Crippen LogP contribution in [-0.2, 0) is 4.79 Å². The van der Waals surface area contributed by atoms with Crippen molar-refractivity contribution < 1.29 is 14.6 Å². The third-order valence-electron chi connectivity index (χ3n) is 3.27. The van der Waals surface area contributed by atoms with Crippen molar-refractivity contribution in [3.8, 4) is 11.5 Å². The van der Waals surface area contributed by atoms with Crippen LogP contribution in [0.15, 0.2) is 54.6 Å². The van der Waals surface area contributed by atoms with Gasteiger partial charge >= 0.3 is 5.97 Å². The first-order valence-electron chi connectivity index (χ1n) is 6.56. The van der Waals surface area contributed by atoms with Crippen molar-refractivity contribution in [1.29, 1.82) is 0 Å². The summed E-state index contributed by atoms with van der Waals surface area (Å²) in [6.45, 7) is 0. The molecule has 0 aromatic heterocycles. The SMILES string of the molecule is O=C(O)C1NNNC1c1ccc(Oc2ccccc2)cc1. The Balaban J connectivity index is 1.73. The van der Waals surface area contributed by atoms with Gasteiger partial charge in [0, 0.05) is 0 Å². The van der Waals surface area contributed by atoms with Gasteiger partial charge in [0.05, 0.1) is 6.04 Å². The van der Waals surface area contributed by atoms with E-state index in [4.69, 9.17) is 9.84 Å². The lowest BCUT2D eigenvalue weighted by molar-refractivity contribution is -0.139. The molecule has 2 unspecified atom stereocenters. The number of aliphatic carboxylic acids is 1. The fourth-order valence-electron chi connectivity index (χ4n) is 2.21. The van der Waals surface area contributed by atoms with Crippen molar-refractivity contribution in [1.82, 2.24) is 16.4 Å². The lowest BCUT2D eigenvalue weighted by Gasteiger charge is -2.15. The van der Waals surface area contributed by atoms with Crippen LogP contribution in [0.25, 0.3) is 0 Å². The molecule has 1 fully saturated rings. The molecule has 0 bridgehead atoms. The van der Waals surface area contributed by atoms with Gasteiger partial charge in [0.2, 0.25) is 0 Å². The molecule has 1 saturated heterocycles. The molecule has 108 valence electrons. The van der Waals surface area contributed by atoms with Gasteiger partial charge in [0.1, 0.15) is 17.5 Å². The van der Waals surface area contributed by atoms with Crippen LogP contribution in [0.4, 0.5) is 0 Å². The molecule has 6 heteroatoms. The highest BCUT2D eigenvalue weighted by Crippen LogP contribution is 2.25. The van der Waals surface area contributed by atoms with E-state index < -0.39 is 12.0 Å². The van der Waals surface area contributed by atoms with Crippen molar-refractivity contribution in [2.45, 2.75) is 12.1 Å². The number of carboxylic acid groups (broad SMARTS) is 1. The monoisotopic (exact) mass is 285 g/mol. The van der Waals surface area contributed by atoms with E-state index in [2.05, 4.69) is 16.4 Å². The second-order valence-corrected chi connectivity index (χ2v) is 4.69. The molecule has 2 aromatic rings. The lowest BCUT2D eigenvalue weighted by Crippen LogP contribution is -2.38. The van der Waals surface area contributed by atoms with Crippen molar-refractivity contribution in [2.24, 2.45) is 0 Å². The molecule has 4 N–H and O–H groups in total. The van der Waals surface area contributed by atoms with Crippen LogP contribution in [0.1, 0.15) is 11.6 Å². The number of hydrogen-bond acceptors (Lipinski definition) is 5. The Morgan fingerprint density at radius 3 is 2.29 bits per heavy atom. The van der Waals surface area contributed by atoms with Gasteiger partial charge in [-0.05, 0) is 29.8 Å². The Morgan fingerprint density at radius 2 is 1.62 bits per heavy atom. The highest BCUT2D eigenvalue weighted by atomic mass is 16.5. The summed E-state index contributed by atoms with van der Waals surface area (Å²) in [6, 6.07) is 15.8. The molecule has 0 radical (unpaired) electrons. The molecule has 6 nitrogen and oxygen atoms in total. The molecule has 1 heterocycles. The summed E-state index contributed by atoms with van der Waals surface area (Å²) in [5, 5.41) is 9.13. The molecule has 2 aromatic carbocycles. The fourth-order valence-corrected chi connectivity index (χ4v) is 2.21. The predicted molar refractivity (Wildman–Crippen MR) is 76.5 cm³/mol. The average molecular weight is 285 g/mol. The van der Waals surface area contributed by atoms with Gasteiger partial charge in [-0.15, -0.1) is 0 Å². The van der Waals surface area contributed by atoms with Gasteiger partial charge in [-0.1, -0.05) is 30.3 Å². The maximum absolute atomic E-state index is 11.1. The number of rotatable bonds is 4. The number of carboxylic acids is 1. The molecule has 0 aliphatic carbocycles. The van der Waals surface area contributed by atoms with E-state index in [9.17, 15) is 4.79 Å². The zero-order valence-corrected chi connectivity index (χ0v) is 11.1. The summed E-state index contributed by atoms with van der Waals surface area (Å²) in [5.74, 6) is 0.550. The predicted octanol–water partition coefficient (Wildman–Crippen LogP) is 1.59. The zero-order chi connectivity index (χ0) is 14.7. The normalized spacial score (nSPS) is 21.1. The minimum absolute atomic E-state index is 0.340. The Labute approximate surface area is 121 Å². The van der Waals surface area contributed by atoms with E-state index in [0.29, 0.717) is 5.75 Å². The molecular weight excluding hydrogens is 270 g/mol. The number of hydrazine groups is 2. The van der Waals surface area contributed by atoms with E-state index in [0.717, 1.165) is 11.3 Å². The Kier molecular flexibility index (Phi) is 3.83. The highest BCUT2D eigenvalue weighted by molar-refractivity contribution is 5.75. The quantitative estimate of drug-likeness (QED) is 0.683. The Morgan fingerprint density at radius 1 is 0.952 bits per heavy atom. The van der Waals surface area contributed by atoms with Crippen LogP contribution < -0.4 is 21.1 Å². The summed E-state index contributed by atoms with van der Waals surface area (Å²) >= 11 is 0. The van der Waals surface area contributed by atoms with Crippen LogP contribution in [0.2, 0.25) is 0 Å². The molecule has 0 spiro atoms. The first-order chi connectivity index (χ1) is 10.2. The van der Waals surface area contributed by atoms with Crippen LogP contribution in [0, 0.1) is 0 Å². The van der Waals surface area contributed by atoms with Crippen LogP contribution in [0.3, 0.4) is 0 Å². The van der Waals surface area contributed by atoms with Crippen molar-refractivity contribution in [3.05, 3.63) is 60.2 Å². The first-order valence-corrected chi connectivity index (χ1v) is 6.56. The van der Waals surface area contributed by atoms with E-state index >= 15 is 0 Å². The van der Waals surface area contributed by atoms with E-state index in [1.54, 1.807) is 0 Å². The standard InChI is InChI=1S/C15H15N3O3/c19-15(20)14-13(16-18-17-14)10-6-8-12(9-7-10)21-11-4-2-1-3-5-11/h1-9,13-14,16-18H,(H,19,20). The zero-order valence-electron chi connectivity index (χ0n) is 11.1. The number of para-hydroxylation sites is 1. The second-order valence-electron chi connectivity index (χ2n) is 4.69. The molecule has 0 saturated carbocycles. The van der Waals surface area contributed by atoms with E-state index in [1.807, 2.05) is 54.6 Å². The summed E-state index contributed by atoms with van der Waals surface area (Å²) in [6.07, 6.45) is 0. The fraction of sp³-hybridized carbons (Fsp3) is 0.133. The minimum atomic E-state index is -0.915. The summed E-state index contributed by atoms with van der Waals surface area (Å²) in [7, 11) is 0. The molecular formula is C15H15N3O3. The number of ether oxygens (including phenoxy) is 1. The first kappa shape index (κ1) is 13.6. The van der Waals surface area contributed by atoms with Gasteiger partial charge < -0.3 is 9.84 Å². The summed E-state index contributed by atoms with van der Waals surface area (Å²) < 4.78 is 5.70. The third kappa shape index (κ3) is 3.03. The average Bonchev–Trinajstić information content (AvgIpc) is 2.99. The maximum atomic E-state index is 11.1. The number of benzene rings is 2. The molecule has 1 aliphatic rings. The van der Waals surface area contributed by atoms with Crippen LogP contribution >= 0.6 is 0 Å². The molecule has 1 aliphatic heterocycles. The van der Waals surface area contributed by atoms with Gasteiger partial charge in [0.15, 0.2) is 0 Å².